The lowest BCUT2D eigenvalue weighted by atomic mass is 10.1. The van der Waals surface area contributed by atoms with Gasteiger partial charge in [-0.25, -0.2) is 4.99 Å². The molecule has 0 aliphatic carbocycles. The minimum absolute atomic E-state index is 0. The fraction of sp³-hybridized carbons (Fsp3) is 0.458. The van der Waals surface area contributed by atoms with E-state index in [9.17, 15) is 0 Å². The summed E-state index contributed by atoms with van der Waals surface area (Å²) in [6, 6.07) is 19.1. The zero-order chi connectivity index (χ0) is 20.3. The first kappa shape index (κ1) is 24.6. The Kier molecular flexibility index (Phi) is 11.2. The number of nitrogens with one attached hydrogen (secondary N) is 2. The third kappa shape index (κ3) is 7.89. The molecule has 1 heterocycles. The summed E-state index contributed by atoms with van der Waals surface area (Å²) in [5.74, 6) is 0.864. The average molecular weight is 521 g/mol. The first-order chi connectivity index (χ1) is 14.3. The number of hydrogen-bond acceptors (Lipinski definition) is 3. The Morgan fingerprint density at radius 3 is 2.13 bits per heavy atom. The molecule has 0 spiro atoms. The van der Waals surface area contributed by atoms with E-state index in [0.29, 0.717) is 6.54 Å². The van der Waals surface area contributed by atoms with Crippen LogP contribution in [0.1, 0.15) is 30.5 Å². The second kappa shape index (κ2) is 13.6. The Labute approximate surface area is 199 Å². The molecule has 30 heavy (non-hydrogen) atoms. The van der Waals surface area contributed by atoms with Crippen molar-refractivity contribution in [2.45, 2.75) is 33.5 Å². The Bertz CT molecular complexity index is 757. The molecule has 6 heteroatoms. The van der Waals surface area contributed by atoms with E-state index in [1.165, 1.54) is 29.8 Å². The Hall–Kier alpha value is -1.64. The Morgan fingerprint density at radius 2 is 1.47 bits per heavy atom. The number of aliphatic imine (C=N–C) groups is 1. The first-order valence-corrected chi connectivity index (χ1v) is 10.9. The number of rotatable bonds is 8. The Morgan fingerprint density at radius 1 is 0.833 bits per heavy atom. The van der Waals surface area contributed by atoms with Gasteiger partial charge in [0.1, 0.15) is 0 Å². The first-order valence-electron chi connectivity index (χ1n) is 10.9. The maximum atomic E-state index is 4.74. The molecule has 0 amide bonds. The zero-order valence-corrected chi connectivity index (χ0v) is 20.6. The van der Waals surface area contributed by atoms with Crippen LogP contribution in [0.4, 0.5) is 0 Å². The molecule has 0 radical (unpaired) electrons. The molecule has 0 bridgehead atoms. The van der Waals surface area contributed by atoms with Crippen LogP contribution in [-0.2, 0) is 19.6 Å². The highest BCUT2D eigenvalue weighted by Gasteiger charge is 2.16. The van der Waals surface area contributed by atoms with Crippen LogP contribution in [0.5, 0.6) is 0 Å². The molecule has 0 unspecified atom stereocenters. The van der Waals surface area contributed by atoms with E-state index >= 15 is 0 Å². The van der Waals surface area contributed by atoms with Gasteiger partial charge in [-0.2, -0.15) is 0 Å². The van der Waals surface area contributed by atoms with Crippen LogP contribution in [0, 0.1) is 0 Å². The normalized spacial score (nSPS) is 15.5. The molecule has 1 saturated heterocycles. The lowest BCUT2D eigenvalue weighted by Crippen LogP contribution is -2.45. The van der Waals surface area contributed by atoms with Gasteiger partial charge in [0.2, 0.25) is 0 Å². The molecule has 164 valence electrons. The second-order valence-corrected chi connectivity index (χ2v) is 7.51. The summed E-state index contributed by atoms with van der Waals surface area (Å²) in [6.45, 7) is 13.5. The van der Waals surface area contributed by atoms with Crippen molar-refractivity contribution in [2.75, 3.05) is 39.3 Å². The lowest BCUT2D eigenvalue weighted by molar-refractivity contribution is 0.131. The molecule has 2 aromatic carbocycles. The number of halogens is 1. The number of hydrogen-bond donors (Lipinski definition) is 2. The van der Waals surface area contributed by atoms with Crippen LogP contribution in [0.3, 0.4) is 0 Å². The number of benzene rings is 2. The molecule has 1 aliphatic rings. The molecule has 1 aliphatic heterocycles. The highest BCUT2D eigenvalue weighted by molar-refractivity contribution is 14.0. The van der Waals surface area contributed by atoms with Gasteiger partial charge in [-0.3, -0.25) is 4.90 Å². The molecule has 1 fully saturated rings. The highest BCUT2D eigenvalue weighted by atomic mass is 127. The van der Waals surface area contributed by atoms with E-state index in [4.69, 9.17) is 4.99 Å². The SMILES string of the molecule is CCNC(=NCc1ccccc1)NCc1ccccc1CN1CCN(CC)CC1.I. The summed E-state index contributed by atoms with van der Waals surface area (Å²) in [5.41, 5.74) is 3.97. The van der Waals surface area contributed by atoms with E-state index in [1.54, 1.807) is 0 Å². The third-order valence-corrected chi connectivity index (χ3v) is 5.48. The van der Waals surface area contributed by atoms with Gasteiger partial charge >= 0.3 is 0 Å². The summed E-state index contributed by atoms with van der Waals surface area (Å²) < 4.78 is 0. The molecule has 2 aromatic rings. The van der Waals surface area contributed by atoms with Gasteiger partial charge in [-0.1, -0.05) is 61.5 Å². The molecule has 0 aromatic heterocycles. The molecule has 2 N–H and O–H groups in total. The largest absolute Gasteiger partial charge is 0.357 e. The van der Waals surface area contributed by atoms with Crippen LogP contribution in [0.25, 0.3) is 0 Å². The second-order valence-electron chi connectivity index (χ2n) is 7.51. The van der Waals surface area contributed by atoms with Crippen molar-refractivity contribution in [3.63, 3.8) is 0 Å². The lowest BCUT2D eigenvalue weighted by Gasteiger charge is -2.34. The minimum atomic E-state index is 0. The maximum absolute atomic E-state index is 4.74. The molecular weight excluding hydrogens is 485 g/mol. The van der Waals surface area contributed by atoms with Crippen molar-refractivity contribution in [1.29, 1.82) is 0 Å². The zero-order valence-electron chi connectivity index (χ0n) is 18.3. The van der Waals surface area contributed by atoms with Crippen molar-refractivity contribution >= 4 is 29.9 Å². The monoisotopic (exact) mass is 521 g/mol. The summed E-state index contributed by atoms with van der Waals surface area (Å²) in [4.78, 5) is 9.83. The van der Waals surface area contributed by atoms with Crippen LogP contribution >= 0.6 is 24.0 Å². The van der Waals surface area contributed by atoms with Crippen molar-refractivity contribution in [3.05, 3.63) is 71.3 Å². The van der Waals surface area contributed by atoms with Crippen molar-refractivity contribution in [3.8, 4) is 0 Å². The number of guanidine groups is 1. The van der Waals surface area contributed by atoms with Crippen molar-refractivity contribution in [2.24, 2.45) is 4.99 Å². The quantitative estimate of drug-likeness (QED) is 0.316. The van der Waals surface area contributed by atoms with Crippen LogP contribution in [0.2, 0.25) is 0 Å². The van der Waals surface area contributed by atoms with Crippen molar-refractivity contribution < 1.29 is 0 Å². The Balaban J connectivity index is 0.00000320. The van der Waals surface area contributed by atoms with Crippen LogP contribution < -0.4 is 10.6 Å². The van der Waals surface area contributed by atoms with Crippen LogP contribution in [-0.4, -0.2) is 55.0 Å². The van der Waals surface area contributed by atoms with Crippen molar-refractivity contribution in [1.82, 2.24) is 20.4 Å². The average Bonchev–Trinajstić information content (AvgIpc) is 2.78. The predicted octanol–water partition coefficient (Wildman–Crippen LogP) is 3.70. The molecular formula is C24H36IN5. The van der Waals surface area contributed by atoms with Crippen LogP contribution in [0.15, 0.2) is 59.6 Å². The van der Waals surface area contributed by atoms with Gasteiger partial charge in [-0.15, -0.1) is 24.0 Å². The van der Waals surface area contributed by atoms with Gasteiger partial charge in [0.15, 0.2) is 5.96 Å². The van der Waals surface area contributed by atoms with E-state index in [1.807, 2.05) is 6.07 Å². The summed E-state index contributed by atoms with van der Waals surface area (Å²) in [7, 11) is 0. The molecule has 0 saturated carbocycles. The van der Waals surface area contributed by atoms with E-state index < -0.39 is 0 Å². The van der Waals surface area contributed by atoms with E-state index in [2.05, 4.69) is 82.8 Å². The van der Waals surface area contributed by atoms with Gasteiger partial charge in [0, 0.05) is 45.8 Å². The van der Waals surface area contributed by atoms with Gasteiger partial charge in [0.05, 0.1) is 6.54 Å². The molecule has 0 atom stereocenters. The van der Waals surface area contributed by atoms with E-state index in [-0.39, 0.29) is 24.0 Å². The molecule has 5 nitrogen and oxygen atoms in total. The highest BCUT2D eigenvalue weighted by Crippen LogP contribution is 2.13. The maximum Gasteiger partial charge on any atom is 0.191 e. The van der Waals surface area contributed by atoms with Gasteiger partial charge in [0.25, 0.3) is 0 Å². The molecule has 3 rings (SSSR count). The number of likely N-dealkylation sites (N-methyl/N-ethyl adjacent to an activating group) is 1. The summed E-state index contributed by atoms with van der Waals surface area (Å²) in [5, 5.41) is 6.87. The standard InChI is InChI=1S/C24H35N5.HI/c1-3-25-24(26-18-21-10-6-5-7-11-21)27-19-22-12-8-9-13-23(22)20-29-16-14-28(4-2)15-17-29;/h5-13H,3-4,14-20H2,1-2H3,(H2,25,26,27);1H. The fourth-order valence-electron chi connectivity index (χ4n) is 3.66. The number of piperazine rings is 1. The summed E-state index contributed by atoms with van der Waals surface area (Å²) in [6.07, 6.45) is 0. The number of nitrogens with zero attached hydrogens (tertiary/aromatic N) is 3. The van der Waals surface area contributed by atoms with E-state index in [0.717, 1.165) is 45.2 Å². The third-order valence-electron chi connectivity index (χ3n) is 5.48. The topological polar surface area (TPSA) is 42.9 Å². The smallest absolute Gasteiger partial charge is 0.191 e. The predicted molar refractivity (Wildman–Crippen MR) is 137 cm³/mol. The fourth-order valence-corrected chi connectivity index (χ4v) is 3.66. The van der Waals surface area contributed by atoms with Gasteiger partial charge < -0.3 is 15.5 Å². The minimum Gasteiger partial charge on any atom is -0.357 e. The van der Waals surface area contributed by atoms with Gasteiger partial charge in [-0.05, 0) is 30.2 Å². The summed E-state index contributed by atoms with van der Waals surface area (Å²) >= 11 is 0.